The van der Waals surface area contributed by atoms with E-state index >= 15 is 0 Å². The molecule has 0 saturated heterocycles. The first-order valence-electron chi connectivity index (χ1n) is 9.44. The minimum Gasteiger partial charge on any atom is -0.423 e. The molecule has 0 aliphatic carbocycles. The second-order valence-electron chi connectivity index (χ2n) is 6.72. The third-order valence-corrected chi connectivity index (χ3v) is 5.56. The van der Waals surface area contributed by atoms with E-state index in [2.05, 4.69) is 41.1 Å². The highest BCUT2D eigenvalue weighted by Crippen LogP contribution is 2.34. The van der Waals surface area contributed by atoms with E-state index in [9.17, 15) is 4.79 Å². The minimum atomic E-state index is -0.773. The number of hydrogen-bond donors (Lipinski definition) is 3. The number of pyridine rings is 1. The molecule has 5 rings (SSSR count). The van der Waals surface area contributed by atoms with Gasteiger partial charge in [-0.2, -0.15) is 4.98 Å². The van der Waals surface area contributed by atoms with Crippen LogP contribution in [0.4, 0.5) is 11.1 Å². The Morgan fingerprint density at radius 1 is 1.25 bits per heavy atom. The first kappa shape index (κ1) is 20.1. The summed E-state index contributed by atoms with van der Waals surface area (Å²) >= 11 is 7.61. The molecule has 12 heteroatoms. The molecule has 1 aliphatic heterocycles. The lowest BCUT2D eigenvalue weighted by atomic mass is 9.99. The molecule has 3 aromatic heterocycles. The highest BCUT2D eigenvalue weighted by Gasteiger charge is 2.32. The molecule has 3 N–H and O–H groups in total. The predicted octanol–water partition coefficient (Wildman–Crippen LogP) is 3.75. The van der Waals surface area contributed by atoms with Gasteiger partial charge >= 0.3 is 6.01 Å². The van der Waals surface area contributed by atoms with Crippen LogP contribution in [0.2, 0.25) is 5.02 Å². The lowest BCUT2D eigenvalue weighted by molar-refractivity contribution is -0.113. The van der Waals surface area contributed by atoms with Gasteiger partial charge in [0.1, 0.15) is 17.1 Å². The number of rotatable bonds is 4. The number of allylic oxidation sites excluding steroid dienone is 1. The molecule has 160 valence electrons. The number of oxazole rings is 1. The number of anilines is 2. The number of carbonyl (C=O) groups excluding carboxylic acids is 1. The van der Waals surface area contributed by atoms with Crippen LogP contribution in [0.25, 0.3) is 11.1 Å². The fourth-order valence-corrected chi connectivity index (χ4v) is 3.91. The second-order valence-corrected chi connectivity index (χ2v) is 7.96. The Kier molecular flexibility index (Phi) is 5.25. The summed E-state index contributed by atoms with van der Waals surface area (Å²) < 4.78 is 5.72. The first-order chi connectivity index (χ1) is 15.6. The lowest BCUT2D eigenvalue weighted by Crippen LogP contribution is -2.37. The number of guanidine groups is 1. The number of nitrogens with zero attached hydrogens (tertiary/aromatic N) is 5. The largest absolute Gasteiger partial charge is 0.423 e. The Hall–Kier alpha value is -3.83. The van der Waals surface area contributed by atoms with Gasteiger partial charge in [0.05, 0.1) is 16.3 Å². The number of amides is 1. The number of para-hydroxylation sites is 2. The van der Waals surface area contributed by atoms with Crippen molar-refractivity contribution >= 4 is 57.1 Å². The first-order valence-corrected chi connectivity index (χ1v) is 10.7. The average Bonchev–Trinajstić information content (AvgIpc) is 3.42. The van der Waals surface area contributed by atoms with Crippen LogP contribution in [0.5, 0.6) is 0 Å². The van der Waals surface area contributed by atoms with E-state index in [4.69, 9.17) is 16.0 Å². The van der Waals surface area contributed by atoms with Gasteiger partial charge in [0.15, 0.2) is 5.58 Å². The van der Waals surface area contributed by atoms with E-state index in [1.807, 2.05) is 24.3 Å². The van der Waals surface area contributed by atoms with Gasteiger partial charge in [0, 0.05) is 11.9 Å². The zero-order valence-corrected chi connectivity index (χ0v) is 18.1. The summed E-state index contributed by atoms with van der Waals surface area (Å²) in [5.74, 6) is -0.0450. The number of nitrogens with one attached hydrogen (secondary N) is 3. The van der Waals surface area contributed by atoms with Crippen molar-refractivity contribution in [2.75, 3.05) is 10.6 Å². The highest BCUT2D eigenvalue weighted by molar-refractivity contribution is 7.13. The predicted molar refractivity (Wildman–Crippen MR) is 121 cm³/mol. The average molecular weight is 467 g/mol. The molecule has 1 aromatic carbocycles. The molecule has 32 heavy (non-hydrogen) atoms. The van der Waals surface area contributed by atoms with Crippen molar-refractivity contribution in [3.63, 3.8) is 0 Å². The number of fused-ring (bicyclic) bond motifs is 1. The number of hydrogen-bond acceptors (Lipinski definition) is 10. The smallest absolute Gasteiger partial charge is 0.302 e. The van der Waals surface area contributed by atoms with E-state index in [0.717, 1.165) is 0 Å². The Bertz CT molecular complexity index is 1330. The van der Waals surface area contributed by atoms with Gasteiger partial charge in [-0.1, -0.05) is 35.1 Å². The Morgan fingerprint density at radius 2 is 2.12 bits per heavy atom. The van der Waals surface area contributed by atoms with Crippen LogP contribution in [0, 0.1) is 0 Å². The molecule has 0 radical (unpaired) electrons. The van der Waals surface area contributed by atoms with Gasteiger partial charge in [-0.05, 0) is 31.2 Å². The number of halogens is 1. The van der Waals surface area contributed by atoms with Gasteiger partial charge in [0.2, 0.25) is 11.1 Å². The summed E-state index contributed by atoms with van der Waals surface area (Å²) in [6.07, 6.45) is 1.60. The second kappa shape index (κ2) is 8.36. The summed E-state index contributed by atoms with van der Waals surface area (Å²) in [6.45, 7) is 1.77. The molecule has 0 saturated carbocycles. The summed E-state index contributed by atoms with van der Waals surface area (Å²) in [5.41, 5.74) is 4.23. The van der Waals surface area contributed by atoms with E-state index in [1.54, 1.807) is 25.3 Å². The van der Waals surface area contributed by atoms with Crippen LogP contribution < -0.4 is 16.0 Å². The number of aliphatic imine (C=N–C) groups is 1. The van der Waals surface area contributed by atoms with Gasteiger partial charge < -0.3 is 9.73 Å². The highest BCUT2D eigenvalue weighted by atomic mass is 35.5. The zero-order valence-electron chi connectivity index (χ0n) is 16.5. The Balaban J connectivity index is 1.50. The van der Waals surface area contributed by atoms with E-state index in [1.165, 1.54) is 16.8 Å². The maximum absolute atomic E-state index is 13.1. The fraction of sp³-hybridized carbons (Fsp3) is 0.100. The molecule has 1 aliphatic rings. The van der Waals surface area contributed by atoms with Crippen LogP contribution in [-0.2, 0) is 4.79 Å². The molecule has 4 aromatic rings. The van der Waals surface area contributed by atoms with Gasteiger partial charge in [-0.3, -0.25) is 20.4 Å². The van der Waals surface area contributed by atoms with Crippen LogP contribution in [-0.4, -0.2) is 32.0 Å². The maximum Gasteiger partial charge on any atom is 0.302 e. The molecular weight excluding hydrogens is 452 g/mol. The molecule has 1 atom stereocenters. The van der Waals surface area contributed by atoms with Crippen LogP contribution in [0.3, 0.4) is 0 Å². The van der Waals surface area contributed by atoms with Gasteiger partial charge in [-0.25, -0.2) is 4.99 Å². The zero-order chi connectivity index (χ0) is 22.1. The van der Waals surface area contributed by atoms with Crippen molar-refractivity contribution in [3.8, 4) is 0 Å². The number of benzene rings is 1. The van der Waals surface area contributed by atoms with E-state index in [0.29, 0.717) is 44.2 Å². The van der Waals surface area contributed by atoms with Gasteiger partial charge in [0.25, 0.3) is 5.91 Å². The normalized spacial score (nSPS) is 15.9. The molecule has 0 spiro atoms. The summed E-state index contributed by atoms with van der Waals surface area (Å²) in [4.78, 5) is 26.5. The summed E-state index contributed by atoms with van der Waals surface area (Å²) in [7, 11) is 0. The molecule has 1 unspecified atom stereocenters. The third-order valence-electron chi connectivity index (χ3n) is 4.63. The monoisotopic (exact) mass is 466 g/mol. The van der Waals surface area contributed by atoms with Crippen LogP contribution in [0.15, 0.2) is 68.8 Å². The number of aromatic nitrogens is 4. The SMILES string of the molecule is CC1=C(C(=O)Nc2nncs2)C(c2ncccc2Cl)N=C(Nc2nc3ccccc3o2)N1. The standard InChI is InChI=1S/C20H15ClN8O2S/c1-10-14(17(30)27-20-29-23-9-32-20)16(15-11(21)5-4-8-22-15)26-18(24-10)28-19-25-12-6-2-3-7-13(12)31-19/h2-9,16H,1H3,(H,27,29,30)(H2,24,25,26,28). The molecule has 1 amide bonds. The molecule has 0 fully saturated rings. The quantitative estimate of drug-likeness (QED) is 0.414. The van der Waals surface area contributed by atoms with Crippen molar-refractivity contribution < 1.29 is 9.21 Å². The molecular formula is C20H15ClN8O2S. The van der Waals surface area contributed by atoms with E-state index in [-0.39, 0.29) is 11.9 Å². The van der Waals surface area contributed by atoms with Crippen LogP contribution in [0.1, 0.15) is 18.7 Å². The molecule has 4 heterocycles. The van der Waals surface area contributed by atoms with Gasteiger partial charge in [-0.15, -0.1) is 10.2 Å². The Morgan fingerprint density at radius 3 is 2.91 bits per heavy atom. The topological polar surface area (TPSA) is 130 Å². The Labute approximate surface area is 190 Å². The lowest BCUT2D eigenvalue weighted by Gasteiger charge is -2.26. The van der Waals surface area contributed by atoms with Crippen molar-refractivity contribution in [2.24, 2.45) is 4.99 Å². The van der Waals surface area contributed by atoms with Crippen molar-refractivity contribution in [2.45, 2.75) is 13.0 Å². The minimum absolute atomic E-state index is 0.262. The van der Waals surface area contributed by atoms with Crippen molar-refractivity contribution in [3.05, 3.63) is 70.1 Å². The van der Waals surface area contributed by atoms with Crippen LogP contribution >= 0.6 is 22.9 Å². The molecule has 0 bridgehead atoms. The third kappa shape index (κ3) is 3.90. The maximum atomic E-state index is 13.1. The fourth-order valence-electron chi connectivity index (χ4n) is 3.25. The van der Waals surface area contributed by atoms with E-state index < -0.39 is 6.04 Å². The number of carbonyl (C=O) groups is 1. The van der Waals surface area contributed by atoms with Crippen molar-refractivity contribution in [1.29, 1.82) is 0 Å². The summed E-state index contributed by atoms with van der Waals surface area (Å²) in [6, 6.07) is 10.3. The summed E-state index contributed by atoms with van der Waals surface area (Å²) in [5, 5.41) is 17.2. The van der Waals surface area contributed by atoms with Crippen molar-refractivity contribution in [1.82, 2.24) is 25.5 Å². The molecule has 10 nitrogen and oxygen atoms in total.